The van der Waals surface area contributed by atoms with Crippen LogP contribution in [-0.4, -0.2) is 7.11 Å². The van der Waals surface area contributed by atoms with Gasteiger partial charge in [-0.05, 0) is 45.8 Å². The van der Waals surface area contributed by atoms with Crippen LogP contribution in [0.3, 0.4) is 0 Å². The first kappa shape index (κ1) is 15.0. The first-order valence-electron chi connectivity index (χ1n) is 5.45. The van der Waals surface area contributed by atoms with E-state index in [-0.39, 0.29) is 5.38 Å². The highest BCUT2D eigenvalue weighted by Gasteiger charge is 2.18. The first-order valence-corrected chi connectivity index (χ1v) is 7.44. The number of benzene rings is 2. The van der Waals surface area contributed by atoms with Crippen LogP contribution in [0, 0.1) is 0 Å². The molecule has 0 N–H and O–H groups in total. The normalized spacial score (nSPS) is 12.3. The molecule has 0 fully saturated rings. The van der Waals surface area contributed by atoms with E-state index in [1.54, 1.807) is 31.4 Å². The summed E-state index contributed by atoms with van der Waals surface area (Å²) in [6.07, 6.45) is 0. The van der Waals surface area contributed by atoms with E-state index in [1.807, 2.05) is 12.1 Å². The van der Waals surface area contributed by atoms with Gasteiger partial charge in [0.2, 0.25) is 0 Å². The number of halogens is 4. The third-order valence-corrected chi connectivity index (χ3v) is 4.22. The fraction of sp³-hybridized carbons (Fsp3) is 0.143. The average molecular weight is 380 g/mol. The topological polar surface area (TPSA) is 9.23 Å². The summed E-state index contributed by atoms with van der Waals surface area (Å²) < 4.78 is 6.16. The molecule has 100 valence electrons. The van der Waals surface area contributed by atoms with Crippen LogP contribution in [0.25, 0.3) is 0 Å². The van der Waals surface area contributed by atoms with Crippen molar-refractivity contribution < 1.29 is 4.74 Å². The second-order valence-electron chi connectivity index (χ2n) is 3.92. The smallest absolute Gasteiger partial charge is 0.138 e. The van der Waals surface area contributed by atoms with Gasteiger partial charge in [-0.3, -0.25) is 0 Å². The zero-order chi connectivity index (χ0) is 14.0. The maximum atomic E-state index is 6.51. The van der Waals surface area contributed by atoms with Crippen LogP contribution < -0.4 is 4.74 Å². The van der Waals surface area contributed by atoms with Gasteiger partial charge in [-0.15, -0.1) is 11.6 Å². The SMILES string of the molecule is COc1c(Br)cc(Cl)cc1C(Cl)c1ccc(Cl)cc1. The second-order valence-corrected chi connectivity index (χ2v) is 6.09. The summed E-state index contributed by atoms with van der Waals surface area (Å²) in [6.45, 7) is 0. The first-order chi connectivity index (χ1) is 9.02. The van der Waals surface area contributed by atoms with Crippen LogP contribution in [0.2, 0.25) is 10.0 Å². The molecule has 0 aliphatic rings. The molecule has 0 heterocycles. The fourth-order valence-electron chi connectivity index (χ4n) is 1.80. The van der Waals surface area contributed by atoms with E-state index < -0.39 is 0 Å². The predicted octanol–water partition coefficient (Wildman–Crippen LogP) is 6.09. The molecule has 0 amide bonds. The van der Waals surface area contributed by atoms with E-state index in [9.17, 15) is 0 Å². The quantitative estimate of drug-likeness (QED) is 0.585. The zero-order valence-corrected chi connectivity index (χ0v) is 13.8. The van der Waals surface area contributed by atoms with Crippen molar-refractivity contribution in [3.63, 3.8) is 0 Å². The van der Waals surface area contributed by atoms with Crippen molar-refractivity contribution in [3.8, 4) is 5.75 Å². The molecule has 0 bridgehead atoms. The lowest BCUT2D eigenvalue weighted by Gasteiger charge is -2.16. The predicted molar refractivity (Wildman–Crippen MR) is 84.9 cm³/mol. The van der Waals surface area contributed by atoms with Crippen molar-refractivity contribution in [3.05, 3.63) is 62.0 Å². The van der Waals surface area contributed by atoms with Gasteiger partial charge in [-0.2, -0.15) is 0 Å². The standard InChI is InChI=1S/C14H10BrCl3O/c1-19-14-11(6-10(17)7-12(14)15)13(18)8-2-4-9(16)5-3-8/h2-7,13H,1H3. The summed E-state index contributed by atoms with van der Waals surface area (Å²) in [7, 11) is 1.60. The minimum atomic E-state index is -0.359. The highest BCUT2D eigenvalue weighted by Crippen LogP contribution is 2.41. The number of ether oxygens (including phenoxy) is 1. The number of hydrogen-bond donors (Lipinski definition) is 0. The maximum absolute atomic E-state index is 6.51. The maximum Gasteiger partial charge on any atom is 0.138 e. The molecule has 0 aliphatic heterocycles. The largest absolute Gasteiger partial charge is 0.495 e. The average Bonchev–Trinajstić information content (AvgIpc) is 2.38. The van der Waals surface area contributed by atoms with Crippen LogP contribution >= 0.6 is 50.7 Å². The number of rotatable bonds is 3. The van der Waals surface area contributed by atoms with E-state index in [0.717, 1.165) is 15.6 Å². The molecular formula is C14H10BrCl3O. The van der Waals surface area contributed by atoms with Gasteiger partial charge < -0.3 is 4.74 Å². The Morgan fingerprint density at radius 1 is 1.05 bits per heavy atom. The number of methoxy groups -OCH3 is 1. The van der Waals surface area contributed by atoms with Crippen LogP contribution in [0.1, 0.15) is 16.5 Å². The lowest BCUT2D eigenvalue weighted by atomic mass is 10.0. The minimum Gasteiger partial charge on any atom is -0.495 e. The fourth-order valence-corrected chi connectivity index (χ4v) is 3.22. The molecule has 0 aromatic heterocycles. The lowest BCUT2D eigenvalue weighted by molar-refractivity contribution is 0.407. The number of hydrogen-bond acceptors (Lipinski definition) is 1. The molecule has 1 atom stereocenters. The molecule has 19 heavy (non-hydrogen) atoms. The van der Waals surface area contributed by atoms with Gasteiger partial charge in [0.25, 0.3) is 0 Å². The van der Waals surface area contributed by atoms with Crippen molar-refractivity contribution in [1.29, 1.82) is 0 Å². The van der Waals surface area contributed by atoms with E-state index >= 15 is 0 Å². The Balaban J connectivity index is 2.48. The van der Waals surface area contributed by atoms with Gasteiger partial charge in [0.05, 0.1) is 17.0 Å². The summed E-state index contributed by atoms with van der Waals surface area (Å²) in [4.78, 5) is 0. The highest BCUT2D eigenvalue weighted by molar-refractivity contribution is 9.10. The molecule has 5 heteroatoms. The molecule has 0 saturated carbocycles. The highest BCUT2D eigenvalue weighted by atomic mass is 79.9. The minimum absolute atomic E-state index is 0.359. The van der Waals surface area contributed by atoms with Crippen LogP contribution in [0.5, 0.6) is 5.75 Å². The summed E-state index contributed by atoms with van der Waals surface area (Å²) >= 11 is 21.9. The second kappa shape index (κ2) is 6.36. The Hall–Kier alpha value is -0.410. The van der Waals surface area contributed by atoms with Crippen LogP contribution in [-0.2, 0) is 0 Å². The Bertz CT molecular complexity index is 584. The molecule has 0 spiro atoms. The number of alkyl halides is 1. The van der Waals surface area contributed by atoms with Crippen LogP contribution in [0.4, 0.5) is 0 Å². The Labute approximate surface area is 135 Å². The molecule has 2 aromatic carbocycles. The van der Waals surface area contributed by atoms with E-state index in [4.69, 9.17) is 39.5 Å². The summed E-state index contributed by atoms with van der Waals surface area (Å²) in [6, 6.07) is 11.0. The molecule has 0 saturated heterocycles. The Morgan fingerprint density at radius 3 is 2.26 bits per heavy atom. The lowest BCUT2D eigenvalue weighted by Crippen LogP contribution is -1.98. The van der Waals surface area contributed by atoms with Crippen molar-refractivity contribution >= 4 is 50.7 Å². The van der Waals surface area contributed by atoms with Crippen molar-refractivity contribution in [2.24, 2.45) is 0 Å². The molecular weight excluding hydrogens is 370 g/mol. The molecule has 1 unspecified atom stereocenters. The Morgan fingerprint density at radius 2 is 1.68 bits per heavy atom. The Kier molecular flexibility index (Phi) is 5.02. The molecule has 2 aromatic rings. The van der Waals surface area contributed by atoms with Gasteiger partial charge in [-0.1, -0.05) is 35.3 Å². The molecule has 0 aliphatic carbocycles. The summed E-state index contributed by atoms with van der Waals surface area (Å²) in [5.74, 6) is 0.680. The van der Waals surface area contributed by atoms with E-state index in [2.05, 4.69) is 15.9 Å². The molecule has 2 rings (SSSR count). The van der Waals surface area contributed by atoms with Crippen molar-refractivity contribution in [1.82, 2.24) is 0 Å². The third kappa shape index (κ3) is 3.38. The van der Waals surface area contributed by atoms with Crippen molar-refractivity contribution in [2.45, 2.75) is 5.38 Å². The van der Waals surface area contributed by atoms with Crippen LogP contribution in [0.15, 0.2) is 40.9 Å². The van der Waals surface area contributed by atoms with Gasteiger partial charge >= 0.3 is 0 Å². The summed E-state index contributed by atoms with van der Waals surface area (Å²) in [5.41, 5.74) is 1.74. The molecule has 1 nitrogen and oxygen atoms in total. The summed E-state index contributed by atoms with van der Waals surface area (Å²) in [5, 5.41) is 0.913. The zero-order valence-electron chi connectivity index (χ0n) is 9.96. The monoisotopic (exact) mass is 378 g/mol. The van der Waals surface area contributed by atoms with Gasteiger partial charge in [-0.25, -0.2) is 0 Å². The van der Waals surface area contributed by atoms with Crippen molar-refractivity contribution in [2.75, 3.05) is 7.11 Å². The van der Waals surface area contributed by atoms with E-state index in [0.29, 0.717) is 15.8 Å². The third-order valence-electron chi connectivity index (χ3n) is 2.68. The van der Waals surface area contributed by atoms with Gasteiger partial charge in [0.1, 0.15) is 5.75 Å². The van der Waals surface area contributed by atoms with Gasteiger partial charge in [0, 0.05) is 15.6 Å². The van der Waals surface area contributed by atoms with E-state index in [1.165, 1.54) is 0 Å². The van der Waals surface area contributed by atoms with Gasteiger partial charge in [0.15, 0.2) is 0 Å². The molecule has 0 radical (unpaired) electrons.